The summed E-state index contributed by atoms with van der Waals surface area (Å²) in [5, 5.41) is 12.9. The summed E-state index contributed by atoms with van der Waals surface area (Å²) in [7, 11) is 0. The van der Waals surface area contributed by atoms with Crippen LogP contribution in [0.1, 0.15) is 19.0 Å². The summed E-state index contributed by atoms with van der Waals surface area (Å²) >= 11 is 0. The van der Waals surface area contributed by atoms with Gasteiger partial charge in [0.05, 0.1) is 6.10 Å². The van der Waals surface area contributed by atoms with Crippen molar-refractivity contribution < 1.29 is 23.0 Å². The first-order chi connectivity index (χ1) is 8.81. The number of alkyl halides is 3. The normalized spacial score (nSPS) is 27.5. The van der Waals surface area contributed by atoms with Crippen LogP contribution in [0.25, 0.3) is 0 Å². The van der Waals surface area contributed by atoms with Crippen LogP contribution in [0.5, 0.6) is 0 Å². The summed E-state index contributed by atoms with van der Waals surface area (Å²) in [6.45, 7) is 2.27. The topological polar surface area (TPSA) is 54.4 Å². The highest BCUT2D eigenvalue weighted by molar-refractivity contribution is 5.36. The van der Waals surface area contributed by atoms with E-state index in [-0.39, 0.29) is 18.5 Å². The molecule has 106 valence electrons. The van der Waals surface area contributed by atoms with Crippen molar-refractivity contribution in [3.05, 3.63) is 23.9 Å². The Kier molecular flexibility index (Phi) is 3.69. The molecule has 0 saturated carbocycles. The van der Waals surface area contributed by atoms with Gasteiger partial charge in [-0.3, -0.25) is 0 Å². The van der Waals surface area contributed by atoms with E-state index >= 15 is 0 Å². The third-order valence-electron chi connectivity index (χ3n) is 3.27. The van der Waals surface area contributed by atoms with Crippen molar-refractivity contribution in [1.29, 1.82) is 0 Å². The van der Waals surface area contributed by atoms with E-state index in [4.69, 9.17) is 4.74 Å². The molecular weight excluding hydrogens is 261 g/mol. The zero-order valence-electron chi connectivity index (χ0n) is 10.4. The highest BCUT2D eigenvalue weighted by Crippen LogP contribution is 2.29. The number of pyridine rings is 1. The highest BCUT2D eigenvalue weighted by Gasteiger charge is 2.39. The number of rotatable bonds is 3. The lowest BCUT2D eigenvalue weighted by Crippen LogP contribution is -2.43. The zero-order valence-corrected chi connectivity index (χ0v) is 10.4. The van der Waals surface area contributed by atoms with Crippen LogP contribution in [0.2, 0.25) is 0 Å². The summed E-state index contributed by atoms with van der Waals surface area (Å²) in [6, 6.07) is 3.61. The van der Waals surface area contributed by atoms with Gasteiger partial charge in [0.25, 0.3) is 0 Å². The van der Waals surface area contributed by atoms with Gasteiger partial charge in [0.2, 0.25) is 0 Å². The predicted molar refractivity (Wildman–Crippen MR) is 62.7 cm³/mol. The minimum absolute atomic E-state index is 0.0855. The van der Waals surface area contributed by atoms with Gasteiger partial charge >= 0.3 is 6.18 Å². The summed E-state index contributed by atoms with van der Waals surface area (Å²) in [4.78, 5) is 3.47. The minimum atomic E-state index is -4.47. The van der Waals surface area contributed by atoms with Gasteiger partial charge < -0.3 is 15.2 Å². The summed E-state index contributed by atoms with van der Waals surface area (Å²) in [5.41, 5.74) is -2.03. The molecule has 4 nitrogen and oxygen atoms in total. The Morgan fingerprint density at radius 2 is 2.26 bits per heavy atom. The first kappa shape index (κ1) is 14.1. The van der Waals surface area contributed by atoms with Gasteiger partial charge in [-0.05, 0) is 19.1 Å². The molecule has 1 aromatic rings. The Balaban J connectivity index is 2.04. The molecule has 2 rings (SSSR count). The maximum Gasteiger partial charge on any atom is 0.433 e. The molecule has 19 heavy (non-hydrogen) atoms. The predicted octanol–water partition coefficient (Wildman–Crippen LogP) is 2.05. The van der Waals surface area contributed by atoms with Gasteiger partial charge in [0.15, 0.2) is 0 Å². The number of nitrogens with one attached hydrogen (secondary N) is 1. The number of ether oxygens (including phenoxy) is 1. The number of aliphatic hydroxyl groups is 1. The lowest BCUT2D eigenvalue weighted by molar-refractivity contribution is -0.141. The van der Waals surface area contributed by atoms with Crippen LogP contribution in [-0.4, -0.2) is 34.9 Å². The molecule has 2 heterocycles. The minimum Gasteiger partial charge on any atom is -0.385 e. The Bertz CT molecular complexity index is 453. The summed E-state index contributed by atoms with van der Waals surface area (Å²) < 4.78 is 42.7. The SMILES string of the molecule is CC1OCCC1(O)CNc1cccc(C(F)(F)F)n1. The van der Waals surface area contributed by atoms with Gasteiger partial charge in [0, 0.05) is 19.6 Å². The molecule has 0 bridgehead atoms. The maximum absolute atomic E-state index is 12.5. The Morgan fingerprint density at radius 1 is 1.53 bits per heavy atom. The van der Waals surface area contributed by atoms with Crippen molar-refractivity contribution in [2.75, 3.05) is 18.5 Å². The number of aromatic nitrogens is 1. The molecule has 7 heteroatoms. The van der Waals surface area contributed by atoms with Gasteiger partial charge in [0.1, 0.15) is 17.1 Å². The molecule has 0 aromatic carbocycles. The average Bonchev–Trinajstić information content (AvgIpc) is 2.67. The number of halogens is 3. The zero-order chi connectivity index (χ0) is 14.1. The summed E-state index contributed by atoms with van der Waals surface area (Å²) in [5.74, 6) is 0.0855. The molecule has 2 N–H and O–H groups in total. The fourth-order valence-electron chi connectivity index (χ4n) is 1.94. The van der Waals surface area contributed by atoms with Gasteiger partial charge in [-0.2, -0.15) is 13.2 Å². The fraction of sp³-hybridized carbons (Fsp3) is 0.583. The molecule has 2 unspecified atom stereocenters. The van der Waals surface area contributed by atoms with Gasteiger partial charge in [-0.25, -0.2) is 4.98 Å². The standard InChI is InChI=1S/C12H15F3N2O2/c1-8-11(18,5-6-19-8)7-16-10-4-2-3-9(17-10)12(13,14)15/h2-4,8,18H,5-7H2,1H3,(H,16,17). The van der Waals surface area contributed by atoms with Crippen molar-refractivity contribution in [2.45, 2.75) is 31.2 Å². The first-order valence-corrected chi connectivity index (χ1v) is 5.93. The first-order valence-electron chi connectivity index (χ1n) is 5.93. The molecule has 1 aliphatic heterocycles. The van der Waals surface area contributed by atoms with E-state index < -0.39 is 17.5 Å². The van der Waals surface area contributed by atoms with Crippen molar-refractivity contribution in [3.8, 4) is 0 Å². The molecule has 1 saturated heterocycles. The number of hydrogen-bond acceptors (Lipinski definition) is 4. The third kappa shape index (κ3) is 3.16. The second kappa shape index (κ2) is 4.97. The quantitative estimate of drug-likeness (QED) is 0.887. The van der Waals surface area contributed by atoms with Gasteiger partial charge in [-0.1, -0.05) is 6.07 Å². The lowest BCUT2D eigenvalue weighted by atomic mass is 9.97. The van der Waals surface area contributed by atoms with Crippen LogP contribution in [0.15, 0.2) is 18.2 Å². The average molecular weight is 276 g/mol. The molecule has 2 atom stereocenters. The second-order valence-electron chi connectivity index (χ2n) is 4.63. The lowest BCUT2D eigenvalue weighted by Gasteiger charge is -2.26. The second-order valence-corrected chi connectivity index (χ2v) is 4.63. The number of nitrogens with zero attached hydrogens (tertiary/aromatic N) is 1. The van der Waals surface area contributed by atoms with Crippen LogP contribution in [-0.2, 0) is 10.9 Å². The van der Waals surface area contributed by atoms with E-state index in [9.17, 15) is 18.3 Å². The van der Waals surface area contributed by atoms with E-state index in [0.717, 1.165) is 6.07 Å². The van der Waals surface area contributed by atoms with E-state index in [1.54, 1.807) is 6.92 Å². The summed E-state index contributed by atoms with van der Waals surface area (Å²) in [6.07, 6.45) is -4.39. The van der Waals surface area contributed by atoms with E-state index in [2.05, 4.69) is 10.3 Å². The van der Waals surface area contributed by atoms with Crippen LogP contribution in [0.3, 0.4) is 0 Å². The molecule has 0 radical (unpaired) electrons. The molecule has 1 aliphatic rings. The molecule has 0 spiro atoms. The molecule has 1 fully saturated rings. The monoisotopic (exact) mass is 276 g/mol. The Labute approximate surface area is 108 Å². The van der Waals surface area contributed by atoms with Crippen molar-refractivity contribution in [1.82, 2.24) is 4.98 Å². The molecule has 1 aromatic heterocycles. The number of anilines is 1. The van der Waals surface area contributed by atoms with Crippen LogP contribution in [0.4, 0.5) is 19.0 Å². The van der Waals surface area contributed by atoms with Gasteiger partial charge in [-0.15, -0.1) is 0 Å². The fourth-order valence-corrected chi connectivity index (χ4v) is 1.94. The molecular formula is C12H15F3N2O2. The van der Waals surface area contributed by atoms with Crippen molar-refractivity contribution in [3.63, 3.8) is 0 Å². The highest BCUT2D eigenvalue weighted by atomic mass is 19.4. The van der Waals surface area contributed by atoms with E-state index in [1.165, 1.54) is 12.1 Å². The molecule has 0 amide bonds. The third-order valence-corrected chi connectivity index (χ3v) is 3.27. The van der Waals surface area contributed by atoms with E-state index in [1.807, 2.05) is 0 Å². The van der Waals surface area contributed by atoms with Crippen LogP contribution >= 0.6 is 0 Å². The molecule has 0 aliphatic carbocycles. The van der Waals surface area contributed by atoms with E-state index in [0.29, 0.717) is 13.0 Å². The Morgan fingerprint density at radius 3 is 2.84 bits per heavy atom. The largest absolute Gasteiger partial charge is 0.433 e. The maximum atomic E-state index is 12.5. The number of hydrogen-bond donors (Lipinski definition) is 2. The van der Waals surface area contributed by atoms with Crippen LogP contribution in [0, 0.1) is 0 Å². The smallest absolute Gasteiger partial charge is 0.385 e. The van der Waals surface area contributed by atoms with Crippen molar-refractivity contribution in [2.24, 2.45) is 0 Å². The van der Waals surface area contributed by atoms with Crippen LogP contribution < -0.4 is 5.32 Å². The Hall–Kier alpha value is -1.34. The van der Waals surface area contributed by atoms with Crippen molar-refractivity contribution >= 4 is 5.82 Å².